The maximum Gasteiger partial charge on any atom is 0.416 e. The van der Waals surface area contributed by atoms with Crippen molar-refractivity contribution in [1.29, 1.82) is 0 Å². The highest BCUT2D eigenvalue weighted by molar-refractivity contribution is 6.30. The predicted octanol–water partition coefficient (Wildman–Crippen LogP) is 5.70. The topological polar surface area (TPSA) is 63.8 Å². The van der Waals surface area contributed by atoms with Crippen molar-refractivity contribution in [2.24, 2.45) is 0 Å². The Morgan fingerprint density at radius 2 is 1.78 bits per heavy atom. The van der Waals surface area contributed by atoms with Gasteiger partial charge in [-0.3, -0.25) is 0 Å². The summed E-state index contributed by atoms with van der Waals surface area (Å²) in [7, 11) is 0. The van der Waals surface area contributed by atoms with Gasteiger partial charge in [-0.1, -0.05) is 35.0 Å². The fourth-order valence-electron chi connectivity index (χ4n) is 2.60. The van der Waals surface area contributed by atoms with Crippen LogP contribution in [0.1, 0.15) is 5.56 Å². The van der Waals surface area contributed by atoms with Crippen molar-refractivity contribution >= 4 is 34.2 Å². The zero-order chi connectivity index (χ0) is 19.0. The molecule has 0 aliphatic carbocycles. The van der Waals surface area contributed by atoms with Gasteiger partial charge in [0.25, 0.3) is 5.71 Å². The molecule has 4 aromatic rings. The number of alkyl halides is 3. The SMILES string of the molecule is FC(F)(F)c1cccc(Nc2ncnc3onc(-c4ccc(Cl)cc4)c23)c1. The number of benzene rings is 2. The van der Waals surface area contributed by atoms with Gasteiger partial charge in [-0.05, 0) is 30.3 Å². The lowest BCUT2D eigenvalue weighted by Crippen LogP contribution is -2.05. The van der Waals surface area contributed by atoms with Crippen molar-refractivity contribution in [3.63, 3.8) is 0 Å². The van der Waals surface area contributed by atoms with Gasteiger partial charge in [0.2, 0.25) is 0 Å². The van der Waals surface area contributed by atoms with Crippen molar-refractivity contribution < 1.29 is 17.7 Å². The van der Waals surface area contributed by atoms with Crippen LogP contribution in [-0.4, -0.2) is 15.1 Å². The van der Waals surface area contributed by atoms with Crippen LogP contribution < -0.4 is 5.32 Å². The molecule has 0 amide bonds. The first-order chi connectivity index (χ1) is 12.9. The molecule has 2 aromatic heterocycles. The summed E-state index contributed by atoms with van der Waals surface area (Å²) in [6.07, 6.45) is -3.19. The molecule has 0 atom stereocenters. The molecule has 0 saturated heterocycles. The van der Waals surface area contributed by atoms with Crippen LogP contribution >= 0.6 is 11.6 Å². The maximum absolute atomic E-state index is 12.9. The van der Waals surface area contributed by atoms with Gasteiger partial charge in [0.1, 0.15) is 23.2 Å². The molecule has 5 nitrogen and oxygen atoms in total. The Balaban J connectivity index is 1.79. The molecule has 136 valence electrons. The number of aromatic nitrogens is 3. The van der Waals surface area contributed by atoms with Gasteiger partial charge >= 0.3 is 6.18 Å². The Morgan fingerprint density at radius 1 is 1.00 bits per heavy atom. The Morgan fingerprint density at radius 3 is 2.52 bits per heavy atom. The molecular formula is C18H10ClF3N4O. The first-order valence-electron chi connectivity index (χ1n) is 7.72. The Bertz CT molecular complexity index is 1110. The number of hydrogen-bond acceptors (Lipinski definition) is 5. The summed E-state index contributed by atoms with van der Waals surface area (Å²) in [6.45, 7) is 0. The normalized spacial score (nSPS) is 11.7. The van der Waals surface area contributed by atoms with E-state index in [2.05, 4.69) is 20.4 Å². The van der Waals surface area contributed by atoms with Gasteiger partial charge in [-0.2, -0.15) is 18.2 Å². The van der Waals surface area contributed by atoms with Crippen LogP contribution in [0.25, 0.3) is 22.4 Å². The first-order valence-corrected chi connectivity index (χ1v) is 8.10. The summed E-state index contributed by atoms with van der Waals surface area (Å²) in [5.74, 6) is 0.283. The minimum absolute atomic E-state index is 0.212. The average Bonchev–Trinajstić information content (AvgIpc) is 3.07. The third-order valence-corrected chi connectivity index (χ3v) is 4.09. The lowest BCUT2D eigenvalue weighted by atomic mass is 10.1. The second-order valence-corrected chi connectivity index (χ2v) is 6.08. The molecule has 0 bridgehead atoms. The minimum atomic E-state index is -4.44. The van der Waals surface area contributed by atoms with E-state index in [1.54, 1.807) is 24.3 Å². The summed E-state index contributed by atoms with van der Waals surface area (Å²) in [6, 6.07) is 11.7. The average molecular weight is 391 g/mol. The van der Waals surface area contributed by atoms with E-state index in [1.165, 1.54) is 18.5 Å². The Labute approximate surface area is 155 Å². The number of anilines is 2. The first kappa shape index (κ1) is 17.3. The molecule has 0 saturated carbocycles. The molecule has 0 fully saturated rings. The monoisotopic (exact) mass is 390 g/mol. The van der Waals surface area contributed by atoms with E-state index in [4.69, 9.17) is 16.1 Å². The smallest absolute Gasteiger partial charge is 0.339 e. The van der Waals surface area contributed by atoms with E-state index in [9.17, 15) is 13.2 Å². The molecule has 27 heavy (non-hydrogen) atoms. The fourth-order valence-corrected chi connectivity index (χ4v) is 2.72. The van der Waals surface area contributed by atoms with Gasteiger partial charge < -0.3 is 9.84 Å². The molecule has 2 aromatic carbocycles. The number of nitrogens with one attached hydrogen (secondary N) is 1. The van der Waals surface area contributed by atoms with Crippen LogP contribution in [0, 0.1) is 0 Å². The fraction of sp³-hybridized carbons (Fsp3) is 0.0556. The van der Waals surface area contributed by atoms with Gasteiger partial charge in [-0.15, -0.1) is 0 Å². The van der Waals surface area contributed by atoms with Gasteiger partial charge in [0.05, 0.1) is 5.56 Å². The summed E-state index contributed by atoms with van der Waals surface area (Å²) >= 11 is 5.91. The van der Waals surface area contributed by atoms with Crippen molar-refractivity contribution in [2.75, 3.05) is 5.32 Å². The number of halogens is 4. The van der Waals surface area contributed by atoms with Crippen molar-refractivity contribution in [1.82, 2.24) is 15.1 Å². The second kappa shape index (κ2) is 6.55. The lowest BCUT2D eigenvalue weighted by molar-refractivity contribution is -0.137. The Kier molecular flexibility index (Phi) is 4.19. The van der Waals surface area contributed by atoms with E-state index in [-0.39, 0.29) is 17.2 Å². The third-order valence-electron chi connectivity index (χ3n) is 3.84. The van der Waals surface area contributed by atoms with Gasteiger partial charge in [0, 0.05) is 16.3 Å². The highest BCUT2D eigenvalue weighted by atomic mass is 35.5. The van der Waals surface area contributed by atoms with Crippen LogP contribution in [0.15, 0.2) is 59.4 Å². The number of fused-ring (bicyclic) bond motifs is 1. The highest BCUT2D eigenvalue weighted by Crippen LogP contribution is 2.35. The van der Waals surface area contributed by atoms with E-state index in [1.807, 2.05) is 0 Å². The van der Waals surface area contributed by atoms with E-state index in [0.717, 1.165) is 12.1 Å². The zero-order valence-electron chi connectivity index (χ0n) is 13.5. The largest absolute Gasteiger partial charge is 0.416 e. The molecule has 0 radical (unpaired) electrons. The van der Waals surface area contributed by atoms with E-state index in [0.29, 0.717) is 21.7 Å². The Hall–Kier alpha value is -3.13. The van der Waals surface area contributed by atoms with Crippen LogP contribution in [-0.2, 0) is 6.18 Å². The quantitative estimate of drug-likeness (QED) is 0.486. The molecule has 4 rings (SSSR count). The standard InChI is InChI=1S/C18H10ClF3N4O/c19-12-6-4-10(5-7-12)15-14-16(23-9-24-17(14)27-26-15)25-13-3-1-2-11(8-13)18(20,21)22/h1-9H,(H,23,24,25). The van der Waals surface area contributed by atoms with Crippen molar-refractivity contribution in [3.05, 3.63) is 65.4 Å². The van der Waals surface area contributed by atoms with E-state index < -0.39 is 11.7 Å². The second-order valence-electron chi connectivity index (χ2n) is 5.64. The number of rotatable bonds is 3. The summed E-state index contributed by atoms with van der Waals surface area (Å²) in [4.78, 5) is 8.16. The maximum atomic E-state index is 12.9. The van der Waals surface area contributed by atoms with Crippen LogP contribution in [0.2, 0.25) is 5.02 Å². The molecule has 2 heterocycles. The van der Waals surface area contributed by atoms with E-state index >= 15 is 0 Å². The van der Waals surface area contributed by atoms with Gasteiger partial charge in [0.15, 0.2) is 0 Å². The minimum Gasteiger partial charge on any atom is -0.339 e. The predicted molar refractivity (Wildman–Crippen MR) is 94.8 cm³/mol. The van der Waals surface area contributed by atoms with Crippen LogP contribution in [0.4, 0.5) is 24.7 Å². The third kappa shape index (κ3) is 3.43. The summed E-state index contributed by atoms with van der Waals surface area (Å²) in [5, 5.41) is 7.92. The number of hydrogen-bond donors (Lipinski definition) is 1. The molecule has 9 heteroatoms. The molecular weight excluding hydrogens is 381 g/mol. The van der Waals surface area contributed by atoms with Crippen molar-refractivity contribution in [2.45, 2.75) is 6.18 Å². The molecule has 0 unspecified atom stereocenters. The summed E-state index contributed by atoms with van der Waals surface area (Å²) < 4.78 is 44.1. The van der Waals surface area contributed by atoms with Crippen LogP contribution in [0.5, 0.6) is 0 Å². The lowest BCUT2D eigenvalue weighted by Gasteiger charge is -2.10. The van der Waals surface area contributed by atoms with Crippen molar-refractivity contribution in [3.8, 4) is 11.3 Å². The molecule has 0 aliphatic heterocycles. The highest BCUT2D eigenvalue weighted by Gasteiger charge is 2.30. The molecule has 0 aliphatic rings. The zero-order valence-corrected chi connectivity index (χ0v) is 14.2. The summed E-state index contributed by atoms with van der Waals surface area (Å²) in [5.41, 5.74) is 0.843. The number of nitrogens with zero attached hydrogens (tertiary/aromatic N) is 3. The molecule has 1 N–H and O–H groups in total. The van der Waals surface area contributed by atoms with Gasteiger partial charge in [-0.25, -0.2) is 4.98 Å². The van der Waals surface area contributed by atoms with Crippen LogP contribution in [0.3, 0.4) is 0 Å². The molecule has 0 spiro atoms.